The lowest BCUT2D eigenvalue weighted by molar-refractivity contribution is -0.132. The third-order valence-electron chi connectivity index (χ3n) is 7.74. The molecule has 0 unspecified atom stereocenters. The zero-order valence-corrected chi connectivity index (χ0v) is 20.4. The molecule has 5 rings (SSSR count). The number of aliphatic hydroxyl groups excluding tert-OH is 1. The van der Waals surface area contributed by atoms with E-state index in [-0.39, 0.29) is 29.5 Å². The first-order chi connectivity index (χ1) is 16.9. The largest absolute Gasteiger partial charge is 0.497 e. The van der Waals surface area contributed by atoms with E-state index >= 15 is 0 Å². The van der Waals surface area contributed by atoms with E-state index < -0.39 is 6.04 Å². The maximum atomic E-state index is 13.7. The number of fused-ring (bicyclic) bond motifs is 4. The minimum absolute atomic E-state index is 0.152. The molecule has 0 saturated carbocycles. The lowest BCUT2D eigenvalue weighted by atomic mass is 9.68. The van der Waals surface area contributed by atoms with Crippen LogP contribution in [0.15, 0.2) is 36.8 Å². The highest BCUT2D eigenvalue weighted by molar-refractivity contribution is 5.94. The Labute approximate surface area is 204 Å². The van der Waals surface area contributed by atoms with Crippen molar-refractivity contribution in [1.82, 2.24) is 24.3 Å². The fraction of sp³-hybridized carbons (Fsp3) is 0.462. The second-order valence-electron chi connectivity index (χ2n) is 9.44. The summed E-state index contributed by atoms with van der Waals surface area (Å²) in [6.07, 6.45) is 6.46. The summed E-state index contributed by atoms with van der Waals surface area (Å²) in [7, 11) is 3.62. The van der Waals surface area contributed by atoms with Crippen molar-refractivity contribution < 1.29 is 19.4 Å². The molecule has 0 radical (unpaired) electrons. The lowest BCUT2D eigenvalue weighted by Crippen LogP contribution is -2.56. The van der Waals surface area contributed by atoms with Crippen LogP contribution in [0.4, 0.5) is 0 Å². The first-order valence-electron chi connectivity index (χ1n) is 12.1. The van der Waals surface area contributed by atoms with Gasteiger partial charge >= 0.3 is 0 Å². The molecular weight excluding hydrogens is 446 g/mol. The van der Waals surface area contributed by atoms with Gasteiger partial charge in [-0.25, -0.2) is 4.98 Å². The first-order valence-corrected chi connectivity index (χ1v) is 12.1. The van der Waals surface area contributed by atoms with Crippen LogP contribution in [-0.2, 0) is 17.3 Å². The van der Waals surface area contributed by atoms with Crippen LogP contribution in [0.2, 0.25) is 0 Å². The summed E-state index contributed by atoms with van der Waals surface area (Å²) in [6.45, 7) is 3.39. The molecule has 0 aliphatic carbocycles. The number of nitrogens with zero attached hydrogens (tertiary/aromatic N) is 5. The van der Waals surface area contributed by atoms with E-state index in [1.807, 2.05) is 31.0 Å². The van der Waals surface area contributed by atoms with E-state index in [2.05, 4.69) is 20.6 Å². The van der Waals surface area contributed by atoms with Gasteiger partial charge in [-0.2, -0.15) is 0 Å². The molecule has 1 fully saturated rings. The predicted molar refractivity (Wildman–Crippen MR) is 130 cm³/mol. The monoisotopic (exact) mass is 477 g/mol. The van der Waals surface area contributed by atoms with Gasteiger partial charge in [0, 0.05) is 68.1 Å². The molecule has 4 heterocycles. The third kappa shape index (κ3) is 3.65. The molecule has 2 aliphatic heterocycles. The number of aromatic nitrogens is 3. The normalized spacial score (nSPS) is 19.1. The Morgan fingerprint density at radius 1 is 1.23 bits per heavy atom. The van der Waals surface area contributed by atoms with Crippen LogP contribution < -0.4 is 4.74 Å². The standard InChI is InChI=1S/C26H31N5O4/c1-4-22(33)30-11-7-26(8-12-30)16-31(25(34)19-14-27-9-10-28-19)21(15-32)24-23(26)18-6-5-17(35-3)13-20(18)29(24)2/h5-6,9-10,13-14,21,32H,4,7-8,11-12,15-16H2,1-3H3/t21-/m0/s1. The van der Waals surface area contributed by atoms with Crippen molar-refractivity contribution in [3.63, 3.8) is 0 Å². The zero-order chi connectivity index (χ0) is 24.7. The van der Waals surface area contributed by atoms with Crippen LogP contribution in [0.1, 0.15) is 54.0 Å². The molecule has 1 saturated heterocycles. The summed E-state index contributed by atoms with van der Waals surface area (Å²) >= 11 is 0. The van der Waals surface area contributed by atoms with Crippen molar-refractivity contribution in [1.29, 1.82) is 0 Å². The summed E-state index contributed by atoms with van der Waals surface area (Å²) in [5.41, 5.74) is 2.99. The number of hydrogen-bond acceptors (Lipinski definition) is 6. The Kier molecular flexibility index (Phi) is 5.96. The Bertz CT molecular complexity index is 1260. The minimum Gasteiger partial charge on any atom is -0.497 e. The van der Waals surface area contributed by atoms with Gasteiger partial charge in [0.1, 0.15) is 11.4 Å². The van der Waals surface area contributed by atoms with Crippen molar-refractivity contribution in [3.05, 3.63) is 53.7 Å². The van der Waals surface area contributed by atoms with E-state index in [0.29, 0.717) is 26.1 Å². The van der Waals surface area contributed by atoms with Crippen LogP contribution in [0.5, 0.6) is 5.75 Å². The van der Waals surface area contributed by atoms with Gasteiger partial charge in [-0.1, -0.05) is 6.92 Å². The molecule has 2 amide bonds. The van der Waals surface area contributed by atoms with Crippen molar-refractivity contribution in [2.24, 2.45) is 7.05 Å². The molecule has 0 bridgehead atoms. The highest BCUT2D eigenvalue weighted by Crippen LogP contribution is 2.50. The third-order valence-corrected chi connectivity index (χ3v) is 7.74. The fourth-order valence-electron chi connectivity index (χ4n) is 5.94. The SMILES string of the molecule is CCC(=O)N1CCC2(CC1)CN(C(=O)c1cnccn1)[C@@H](CO)c1c2c2ccc(OC)cc2n1C. The van der Waals surface area contributed by atoms with Gasteiger partial charge < -0.3 is 24.2 Å². The lowest BCUT2D eigenvalue weighted by Gasteiger charge is -2.50. The van der Waals surface area contributed by atoms with Gasteiger partial charge in [0.05, 0.1) is 31.5 Å². The number of hydrogen-bond donors (Lipinski definition) is 1. The van der Waals surface area contributed by atoms with Crippen molar-refractivity contribution in [2.45, 2.75) is 37.6 Å². The van der Waals surface area contributed by atoms with Crippen LogP contribution in [-0.4, -0.2) is 74.6 Å². The number of carbonyl (C=O) groups is 2. The number of methoxy groups -OCH3 is 1. The number of benzene rings is 1. The van der Waals surface area contributed by atoms with Crippen molar-refractivity contribution >= 4 is 22.7 Å². The number of carbonyl (C=O) groups excluding carboxylic acids is 2. The van der Waals surface area contributed by atoms with E-state index in [1.54, 1.807) is 12.0 Å². The molecule has 2 aliphatic rings. The Morgan fingerprint density at radius 2 is 2.00 bits per heavy atom. The summed E-state index contributed by atoms with van der Waals surface area (Å²) < 4.78 is 7.56. The van der Waals surface area contributed by atoms with E-state index in [9.17, 15) is 14.7 Å². The molecule has 1 N–H and O–H groups in total. The molecule has 35 heavy (non-hydrogen) atoms. The van der Waals surface area contributed by atoms with Crippen LogP contribution in [0.3, 0.4) is 0 Å². The quantitative estimate of drug-likeness (QED) is 0.620. The highest BCUT2D eigenvalue weighted by Gasteiger charge is 2.50. The molecule has 184 valence electrons. The van der Waals surface area contributed by atoms with Gasteiger partial charge in [-0.3, -0.25) is 14.6 Å². The fourth-order valence-corrected chi connectivity index (χ4v) is 5.94. The Balaban J connectivity index is 1.68. The molecule has 9 nitrogen and oxygen atoms in total. The number of piperidine rings is 1. The summed E-state index contributed by atoms with van der Waals surface area (Å²) in [4.78, 5) is 38.1. The van der Waals surface area contributed by atoms with Gasteiger partial charge in [-0.05, 0) is 30.5 Å². The Morgan fingerprint density at radius 3 is 2.63 bits per heavy atom. The van der Waals surface area contributed by atoms with Crippen LogP contribution >= 0.6 is 0 Å². The minimum atomic E-state index is -0.524. The van der Waals surface area contributed by atoms with Gasteiger partial charge in [0.2, 0.25) is 5.91 Å². The molecule has 1 atom stereocenters. The summed E-state index contributed by atoms with van der Waals surface area (Å²) in [5, 5.41) is 11.7. The Hall–Kier alpha value is -3.46. The van der Waals surface area contributed by atoms with E-state index in [0.717, 1.165) is 35.2 Å². The maximum Gasteiger partial charge on any atom is 0.274 e. The number of aliphatic hydroxyl groups is 1. The number of aryl methyl sites for hydroxylation is 1. The zero-order valence-electron chi connectivity index (χ0n) is 20.4. The molecule has 2 aromatic heterocycles. The average Bonchev–Trinajstić information content (AvgIpc) is 3.21. The van der Waals surface area contributed by atoms with E-state index in [1.165, 1.54) is 24.2 Å². The molecule has 1 aromatic carbocycles. The molecule has 1 spiro atoms. The van der Waals surface area contributed by atoms with Crippen molar-refractivity contribution in [3.8, 4) is 5.75 Å². The van der Waals surface area contributed by atoms with Gasteiger partial charge in [0.15, 0.2) is 0 Å². The first kappa shape index (κ1) is 23.3. The predicted octanol–water partition coefficient (Wildman–Crippen LogP) is 2.44. The van der Waals surface area contributed by atoms with E-state index in [4.69, 9.17) is 4.74 Å². The van der Waals surface area contributed by atoms with Crippen LogP contribution in [0.25, 0.3) is 10.9 Å². The van der Waals surface area contributed by atoms with Gasteiger partial charge in [-0.15, -0.1) is 0 Å². The summed E-state index contributed by atoms with van der Waals surface area (Å²) in [6, 6.07) is 5.51. The average molecular weight is 478 g/mol. The van der Waals surface area contributed by atoms with Gasteiger partial charge in [0.25, 0.3) is 5.91 Å². The number of amides is 2. The van der Waals surface area contributed by atoms with Crippen molar-refractivity contribution in [2.75, 3.05) is 33.4 Å². The van der Waals surface area contributed by atoms with Crippen LogP contribution in [0, 0.1) is 0 Å². The number of rotatable bonds is 4. The maximum absolute atomic E-state index is 13.7. The number of ether oxygens (including phenoxy) is 1. The second kappa shape index (κ2) is 8.96. The second-order valence-corrected chi connectivity index (χ2v) is 9.44. The smallest absolute Gasteiger partial charge is 0.274 e. The molecule has 9 heteroatoms. The highest BCUT2D eigenvalue weighted by atomic mass is 16.5. The molecule has 3 aromatic rings. The number of likely N-dealkylation sites (tertiary alicyclic amines) is 1. The topological polar surface area (TPSA) is 101 Å². The molecular formula is C26H31N5O4. The summed E-state index contributed by atoms with van der Waals surface area (Å²) in [5.74, 6) is 0.650.